The standard InChI is InChI=1S/C19H20ClN3OS/c1-12(13-6-8-14(20)9-7-13)22-11-18(24)23-19-16(10-21)15-4-2-3-5-17(15)25-19/h6-9,12,22H,2-5,11H2,1H3,(H,23,24)/t12-/m0/s1. The van der Waals surface area contributed by atoms with E-state index in [1.54, 1.807) is 11.3 Å². The molecular formula is C19H20ClN3OS. The molecule has 0 aliphatic heterocycles. The third-order valence-corrected chi connectivity index (χ3v) is 5.93. The summed E-state index contributed by atoms with van der Waals surface area (Å²) in [5, 5.41) is 16.9. The molecule has 1 aromatic heterocycles. The number of nitriles is 1. The summed E-state index contributed by atoms with van der Waals surface area (Å²) < 4.78 is 0. The Labute approximate surface area is 156 Å². The molecule has 0 saturated heterocycles. The van der Waals surface area contributed by atoms with Gasteiger partial charge in [-0.3, -0.25) is 4.79 Å². The van der Waals surface area contributed by atoms with Gasteiger partial charge < -0.3 is 10.6 Å². The molecule has 2 aromatic rings. The molecular weight excluding hydrogens is 354 g/mol. The van der Waals surface area contributed by atoms with Crippen LogP contribution in [0.5, 0.6) is 0 Å². The van der Waals surface area contributed by atoms with Crippen LogP contribution in [0.25, 0.3) is 0 Å². The van der Waals surface area contributed by atoms with Crippen molar-refractivity contribution in [1.82, 2.24) is 5.32 Å². The van der Waals surface area contributed by atoms with Gasteiger partial charge in [0.05, 0.1) is 12.1 Å². The Morgan fingerprint density at radius 2 is 2.04 bits per heavy atom. The Bertz CT molecular complexity index is 807. The number of rotatable bonds is 5. The molecule has 1 heterocycles. The molecule has 0 radical (unpaired) electrons. The van der Waals surface area contributed by atoms with Gasteiger partial charge in [0.25, 0.3) is 0 Å². The Balaban J connectivity index is 1.60. The molecule has 0 bridgehead atoms. The number of benzene rings is 1. The molecule has 2 N–H and O–H groups in total. The van der Waals surface area contributed by atoms with Gasteiger partial charge in [-0.2, -0.15) is 5.26 Å². The highest BCUT2D eigenvalue weighted by atomic mass is 35.5. The smallest absolute Gasteiger partial charge is 0.238 e. The number of fused-ring (bicyclic) bond motifs is 1. The van der Waals surface area contributed by atoms with Crippen molar-refractivity contribution in [2.75, 3.05) is 11.9 Å². The van der Waals surface area contributed by atoms with E-state index in [-0.39, 0.29) is 18.5 Å². The van der Waals surface area contributed by atoms with Crippen molar-refractivity contribution in [3.63, 3.8) is 0 Å². The summed E-state index contributed by atoms with van der Waals surface area (Å²) in [6.45, 7) is 2.19. The van der Waals surface area contributed by atoms with Gasteiger partial charge in [-0.05, 0) is 55.9 Å². The topological polar surface area (TPSA) is 64.9 Å². The zero-order valence-corrected chi connectivity index (χ0v) is 15.6. The normalized spacial score (nSPS) is 14.4. The third-order valence-electron chi connectivity index (χ3n) is 4.47. The number of halogens is 1. The van der Waals surface area contributed by atoms with Crippen LogP contribution in [0.4, 0.5) is 5.00 Å². The Kier molecular flexibility index (Phi) is 5.74. The van der Waals surface area contributed by atoms with Crippen molar-refractivity contribution >= 4 is 33.8 Å². The summed E-state index contributed by atoms with van der Waals surface area (Å²) in [6.07, 6.45) is 4.23. The van der Waals surface area contributed by atoms with E-state index in [0.717, 1.165) is 36.8 Å². The molecule has 1 aromatic carbocycles. The van der Waals surface area contributed by atoms with Crippen LogP contribution in [0, 0.1) is 11.3 Å². The average molecular weight is 374 g/mol. The molecule has 4 nitrogen and oxygen atoms in total. The van der Waals surface area contributed by atoms with Gasteiger partial charge >= 0.3 is 0 Å². The second-order valence-corrected chi connectivity index (χ2v) is 7.77. The first kappa shape index (κ1) is 17.9. The summed E-state index contributed by atoms with van der Waals surface area (Å²) in [4.78, 5) is 13.5. The van der Waals surface area contributed by atoms with Crippen molar-refractivity contribution in [3.05, 3.63) is 50.9 Å². The molecule has 0 saturated carbocycles. The van der Waals surface area contributed by atoms with E-state index in [1.165, 1.54) is 4.88 Å². The van der Waals surface area contributed by atoms with Crippen molar-refractivity contribution in [3.8, 4) is 6.07 Å². The number of anilines is 1. The lowest BCUT2D eigenvalue weighted by Crippen LogP contribution is -2.30. The Morgan fingerprint density at radius 3 is 2.76 bits per heavy atom. The highest BCUT2D eigenvalue weighted by molar-refractivity contribution is 7.16. The molecule has 6 heteroatoms. The number of carbonyl (C=O) groups excluding carboxylic acids is 1. The number of nitrogens with zero attached hydrogens (tertiary/aromatic N) is 1. The molecule has 130 valence electrons. The predicted molar refractivity (Wildman–Crippen MR) is 102 cm³/mol. The minimum Gasteiger partial charge on any atom is -0.315 e. The molecule has 1 amide bonds. The van der Waals surface area contributed by atoms with Gasteiger partial charge in [0.15, 0.2) is 0 Å². The van der Waals surface area contributed by atoms with Crippen LogP contribution in [0.15, 0.2) is 24.3 Å². The lowest BCUT2D eigenvalue weighted by atomic mass is 9.96. The van der Waals surface area contributed by atoms with Crippen molar-refractivity contribution in [1.29, 1.82) is 5.26 Å². The van der Waals surface area contributed by atoms with E-state index in [9.17, 15) is 10.1 Å². The average Bonchev–Trinajstić information content (AvgIpc) is 2.97. The van der Waals surface area contributed by atoms with E-state index in [1.807, 2.05) is 31.2 Å². The zero-order chi connectivity index (χ0) is 17.8. The lowest BCUT2D eigenvalue weighted by Gasteiger charge is -2.14. The number of thiophene rings is 1. The van der Waals surface area contributed by atoms with Gasteiger partial charge in [-0.25, -0.2) is 0 Å². The number of aryl methyl sites for hydroxylation is 1. The number of amides is 1. The first-order valence-corrected chi connectivity index (χ1v) is 9.61. The molecule has 1 aliphatic rings. The molecule has 25 heavy (non-hydrogen) atoms. The summed E-state index contributed by atoms with van der Waals surface area (Å²) in [6, 6.07) is 9.87. The van der Waals surface area contributed by atoms with Gasteiger partial charge in [-0.1, -0.05) is 23.7 Å². The fourth-order valence-corrected chi connectivity index (χ4v) is 4.44. The van der Waals surface area contributed by atoms with Crippen LogP contribution in [0.1, 0.15) is 47.4 Å². The second-order valence-electron chi connectivity index (χ2n) is 6.23. The van der Waals surface area contributed by atoms with E-state index in [4.69, 9.17) is 11.6 Å². The number of hydrogen-bond acceptors (Lipinski definition) is 4. The molecule has 0 fully saturated rings. The minimum absolute atomic E-state index is 0.0370. The van der Waals surface area contributed by atoms with Crippen LogP contribution < -0.4 is 10.6 Å². The van der Waals surface area contributed by atoms with Gasteiger partial charge in [0.1, 0.15) is 11.1 Å². The van der Waals surface area contributed by atoms with Crippen LogP contribution in [-0.4, -0.2) is 12.5 Å². The maximum absolute atomic E-state index is 12.3. The highest BCUT2D eigenvalue weighted by Gasteiger charge is 2.21. The van der Waals surface area contributed by atoms with Crippen molar-refractivity contribution in [2.24, 2.45) is 0 Å². The first-order chi connectivity index (χ1) is 12.1. The third kappa shape index (κ3) is 4.21. The van der Waals surface area contributed by atoms with Gasteiger partial charge in [0, 0.05) is 15.9 Å². The summed E-state index contributed by atoms with van der Waals surface area (Å²) >= 11 is 7.45. The minimum atomic E-state index is -0.129. The lowest BCUT2D eigenvalue weighted by molar-refractivity contribution is -0.115. The van der Waals surface area contributed by atoms with Crippen molar-refractivity contribution in [2.45, 2.75) is 38.6 Å². The van der Waals surface area contributed by atoms with Crippen LogP contribution in [-0.2, 0) is 17.6 Å². The van der Waals surface area contributed by atoms with E-state index in [2.05, 4.69) is 16.7 Å². The quantitative estimate of drug-likeness (QED) is 0.814. The second kappa shape index (κ2) is 8.01. The fraction of sp³-hybridized carbons (Fsp3) is 0.368. The fourth-order valence-electron chi connectivity index (χ4n) is 3.06. The first-order valence-electron chi connectivity index (χ1n) is 8.42. The molecule has 1 aliphatic carbocycles. The molecule has 1 atom stereocenters. The summed E-state index contributed by atoms with van der Waals surface area (Å²) in [5.41, 5.74) is 2.86. The maximum atomic E-state index is 12.3. The number of hydrogen-bond donors (Lipinski definition) is 2. The maximum Gasteiger partial charge on any atom is 0.238 e. The van der Waals surface area contributed by atoms with E-state index >= 15 is 0 Å². The van der Waals surface area contributed by atoms with Crippen molar-refractivity contribution < 1.29 is 4.79 Å². The summed E-state index contributed by atoms with van der Waals surface area (Å²) in [7, 11) is 0. The van der Waals surface area contributed by atoms with E-state index in [0.29, 0.717) is 15.6 Å². The van der Waals surface area contributed by atoms with E-state index < -0.39 is 0 Å². The monoisotopic (exact) mass is 373 g/mol. The SMILES string of the molecule is C[C@H](NCC(=O)Nc1sc2c(c1C#N)CCCC2)c1ccc(Cl)cc1. The molecule has 3 rings (SSSR count). The highest BCUT2D eigenvalue weighted by Crippen LogP contribution is 2.37. The molecule has 0 unspecified atom stereocenters. The predicted octanol–water partition coefficient (Wildman–Crippen LogP) is 4.44. The summed E-state index contributed by atoms with van der Waals surface area (Å²) in [5.74, 6) is -0.129. The van der Waals surface area contributed by atoms with Crippen LogP contribution in [0.2, 0.25) is 5.02 Å². The van der Waals surface area contributed by atoms with Crippen LogP contribution in [0.3, 0.4) is 0 Å². The number of carbonyl (C=O) groups is 1. The largest absolute Gasteiger partial charge is 0.315 e. The Hall–Kier alpha value is -1.87. The Morgan fingerprint density at radius 1 is 1.32 bits per heavy atom. The number of nitrogens with one attached hydrogen (secondary N) is 2. The zero-order valence-electron chi connectivity index (χ0n) is 14.1. The molecule has 0 spiro atoms. The van der Waals surface area contributed by atoms with Crippen LogP contribution >= 0.6 is 22.9 Å². The van der Waals surface area contributed by atoms with Gasteiger partial charge in [-0.15, -0.1) is 11.3 Å². The van der Waals surface area contributed by atoms with Gasteiger partial charge in [0.2, 0.25) is 5.91 Å².